The molecule has 1 aliphatic heterocycles. The first-order chi connectivity index (χ1) is 12.1. The number of carbonyl (C=O) groups is 2. The summed E-state index contributed by atoms with van der Waals surface area (Å²) in [6.45, 7) is 0.697. The average Bonchev–Trinajstić information content (AvgIpc) is 3.24. The van der Waals surface area contributed by atoms with Gasteiger partial charge in [-0.15, -0.1) is 0 Å². The highest BCUT2D eigenvalue weighted by atomic mass is 16.4. The third kappa shape index (κ3) is 2.80. The molecule has 3 unspecified atom stereocenters. The molecule has 4 rings (SSSR count). The molecule has 2 fully saturated rings. The largest absolute Gasteiger partial charge is 0.477 e. The van der Waals surface area contributed by atoms with Gasteiger partial charge < -0.3 is 10.0 Å². The fraction of sp³-hybridized carbons (Fsp3) is 0.350. The van der Waals surface area contributed by atoms with Crippen molar-refractivity contribution in [2.24, 2.45) is 5.92 Å². The Hall–Kier alpha value is -2.69. The first-order valence-electron chi connectivity index (χ1n) is 8.70. The van der Waals surface area contributed by atoms with Crippen LogP contribution >= 0.6 is 0 Å². The van der Waals surface area contributed by atoms with Gasteiger partial charge in [-0.05, 0) is 36.5 Å². The summed E-state index contributed by atoms with van der Waals surface area (Å²) in [5.74, 6) is -0.345. The minimum Gasteiger partial charge on any atom is -0.477 e. The highest BCUT2D eigenvalue weighted by molar-refractivity contribution is 5.97. The second kappa shape index (κ2) is 6.31. The topological polar surface area (TPSA) is 70.5 Å². The molecule has 1 aliphatic carbocycles. The van der Waals surface area contributed by atoms with Crippen LogP contribution in [0.4, 0.5) is 0 Å². The summed E-state index contributed by atoms with van der Waals surface area (Å²) in [6.07, 6.45) is 4.70. The second-order valence-corrected chi connectivity index (χ2v) is 6.87. The van der Waals surface area contributed by atoms with E-state index in [0.29, 0.717) is 23.9 Å². The smallest absolute Gasteiger partial charge is 0.354 e. The molecule has 5 heteroatoms. The molecule has 0 radical (unpaired) electrons. The van der Waals surface area contributed by atoms with Crippen molar-refractivity contribution >= 4 is 11.9 Å². The van der Waals surface area contributed by atoms with Gasteiger partial charge in [-0.25, -0.2) is 9.78 Å². The number of benzene rings is 1. The first-order valence-corrected chi connectivity index (χ1v) is 8.70. The van der Waals surface area contributed by atoms with Crippen molar-refractivity contribution < 1.29 is 14.7 Å². The molecule has 1 aromatic heterocycles. The van der Waals surface area contributed by atoms with Crippen LogP contribution in [-0.2, 0) is 0 Å². The zero-order valence-corrected chi connectivity index (χ0v) is 13.8. The van der Waals surface area contributed by atoms with E-state index in [-0.39, 0.29) is 17.6 Å². The molecule has 3 atom stereocenters. The van der Waals surface area contributed by atoms with E-state index in [1.54, 1.807) is 6.07 Å². The highest BCUT2D eigenvalue weighted by Gasteiger charge is 2.46. The number of carbonyl (C=O) groups excluding carboxylic acids is 1. The van der Waals surface area contributed by atoms with Crippen LogP contribution in [0.1, 0.15) is 51.6 Å². The van der Waals surface area contributed by atoms with Crippen LogP contribution in [0.25, 0.3) is 0 Å². The van der Waals surface area contributed by atoms with E-state index < -0.39 is 5.97 Å². The molecule has 0 spiro atoms. The lowest BCUT2D eigenvalue weighted by atomic mass is 9.87. The van der Waals surface area contributed by atoms with Gasteiger partial charge in [-0.1, -0.05) is 36.8 Å². The predicted octanol–water partition coefficient (Wildman–Crippen LogP) is 3.19. The van der Waals surface area contributed by atoms with Gasteiger partial charge in [-0.3, -0.25) is 4.79 Å². The number of nitrogens with zero attached hydrogens (tertiary/aromatic N) is 2. The predicted molar refractivity (Wildman–Crippen MR) is 92.5 cm³/mol. The van der Waals surface area contributed by atoms with Gasteiger partial charge in [0.2, 0.25) is 0 Å². The summed E-state index contributed by atoms with van der Waals surface area (Å²) in [5, 5.41) is 9.11. The van der Waals surface area contributed by atoms with Crippen molar-refractivity contribution in [1.82, 2.24) is 9.88 Å². The van der Waals surface area contributed by atoms with E-state index in [0.717, 1.165) is 19.3 Å². The van der Waals surface area contributed by atoms with E-state index in [1.807, 2.05) is 23.1 Å². The van der Waals surface area contributed by atoms with Gasteiger partial charge in [0.15, 0.2) is 0 Å². The van der Waals surface area contributed by atoms with Gasteiger partial charge in [0.1, 0.15) is 5.69 Å². The Kier molecular flexibility index (Phi) is 3.99. The highest BCUT2D eigenvalue weighted by Crippen LogP contribution is 2.46. The van der Waals surface area contributed by atoms with Gasteiger partial charge in [-0.2, -0.15) is 0 Å². The van der Waals surface area contributed by atoms with Crippen molar-refractivity contribution in [3.8, 4) is 0 Å². The number of carboxylic acids is 1. The maximum Gasteiger partial charge on any atom is 0.354 e. The molecule has 2 aromatic rings. The summed E-state index contributed by atoms with van der Waals surface area (Å²) in [4.78, 5) is 29.9. The van der Waals surface area contributed by atoms with Crippen LogP contribution in [0, 0.1) is 5.92 Å². The lowest BCUT2D eigenvalue weighted by Gasteiger charge is -2.23. The summed E-state index contributed by atoms with van der Waals surface area (Å²) in [5.41, 5.74) is 1.61. The van der Waals surface area contributed by atoms with E-state index in [4.69, 9.17) is 5.11 Å². The molecule has 0 bridgehead atoms. The van der Waals surface area contributed by atoms with E-state index in [9.17, 15) is 9.59 Å². The monoisotopic (exact) mass is 336 g/mol. The lowest BCUT2D eigenvalue weighted by Crippen LogP contribution is -2.36. The molecule has 1 amide bonds. The van der Waals surface area contributed by atoms with Gasteiger partial charge in [0, 0.05) is 30.3 Å². The molecule has 5 nitrogen and oxygen atoms in total. The summed E-state index contributed by atoms with van der Waals surface area (Å²) in [6, 6.07) is 13.6. The first kappa shape index (κ1) is 15.8. The fourth-order valence-corrected chi connectivity index (χ4v) is 4.44. The van der Waals surface area contributed by atoms with Crippen molar-refractivity contribution in [2.75, 3.05) is 6.54 Å². The fourth-order valence-electron chi connectivity index (χ4n) is 4.44. The standard InChI is InChI=1S/C20H20N2O3/c23-19(14-9-10-21-17(11-14)20(24)25)22-12-16(13-5-2-1-3-6-13)15-7-4-8-18(15)22/h1-3,5-6,9-11,15-16,18H,4,7-8,12H2,(H,24,25). The number of hydrogen-bond acceptors (Lipinski definition) is 3. The number of likely N-dealkylation sites (tertiary alicyclic amines) is 1. The van der Waals surface area contributed by atoms with E-state index in [1.165, 1.54) is 17.8 Å². The summed E-state index contributed by atoms with van der Waals surface area (Å²) >= 11 is 0. The summed E-state index contributed by atoms with van der Waals surface area (Å²) in [7, 11) is 0. The molecule has 1 saturated carbocycles. The third-order valence-corrected chi connectivity index (χ3v) is 5.56. The number of pyridine rings is 1. The van der Waals surface area contributed by atoms with Crippen LogP contribution in [-0.4, -0.2) is 39.5 Å². The Labute approximate surface area is 146 Å². The maximum atomic E-state index is 13.0. The van der Waals surface area contributed by atoms with Crippen molar-refractivity contribution in [1.29, 1.82) is 0 Å². The maximum absolute atomic E-state index is 13.0. The van der Waals surface area contributed by atoms with Gasteiger partial charge in [0.25, 0.3) is 5.91 Å². The number of carboxylic acid groups (broad SMARTS) is 1. The number of aromatic carboxylic acids is 1. The second-order valence-electron chi connectivity index (χ2n) is 6.87. The van der Waals surface area contributed by atoms with E-state index in [2.05, 4.69) is 17.1 Å². The van der Waals surface area contributed by atoms with E-state index >= 15 is 0 Å². The van der Waals surface area contributed by atoms with Crippen molar-refractivity contribution in [3.63, 3.8) is 0 Å². The molecule has 25 heavy (non-hydrogen) atoms. The minimum atomic E-state index is -1.11. The molecule has 1 N–H and O–H groups in total. The molecule has 2 aliphatic rings. The number of aromatic nitrogens is 1. The average molecular weight is 336 g/mol. The zero-order chi connectivity index (χ0) is 17.4. The molecular weight excluding hydrogens is 316 g/mol. The quantitative estimate of drug-likeness (QED) is 0.934. The molecular formula is C20H20N2O3. The Morgan fingerprint density at radius 2 is 1.92 bits per heavy atom. The normalized spacial score (nSPS) is 25.0. The number of rotatable bonds is 3. The number of amides is 1. The van der Waals surface area contributed by atoms with Crippen LogP contribution in [0.15, 0.2) is 48.7 Å². The lowest BCUT2D eigenvalue weighted by molar-refractivity contribution is 0.0690. The van der Waals surface area contributed by atoms with Crippen LogP contribution in [0.5, 0.6) is 0 Å². The van der Waals surface area contributed by atoms with Crippen molar-refractivity contribution in [2.45, 2.75) is 31.2 Å². The molecule has 1 saturated heterocycles. The Morgan fingerprint density at radius 3 is 2.68 bits per heavy atom. The van der Waals surface area contributed by atoms with Crippen LogP contribution in [0.3, 0.4) is 0 Å². The third-order valence-electron chi connectivity index (χ3n) is 5.56. The van der Waals surface area contributed by atoms with Crippen LogP contribution in [0.2, 0.25) is 0 Å². The minimum absolute atomic E-state index is 0.0831. The Morgan fingerprint density at radius 1 is 1.12 bits per heavy atom. The molecule has 128 valence electrons. The number of fused-ring (bicyclic) bond motifs is 1. The Balaban J connectivity index is 1.63. The molecule has 1 aromatic carbocycles. The SMILES string of the molecule is O=C(O)c1cc(C(=O)N2CC(c3ccccc3)C3CCCC32)ccn1. The summed E-state index contributed by atoms with van der Waals surface area (Å²) < 4.78 is 0. The van der Waals surface area contributed by atoms with Crippen LogP contribution < -0.4 is 0 Å². The number of hydrogen-bond donors (Lipinski definition) is 1. The van der Waals surface area contributed by atoms with Gasteiger partial charge in [0.05, 0.1) is 0 Å². The van der Waals surface area contributed by atoms with Crippen molar-refractivity contribution in [3.05, 3.63) is 65.5 Å². The molecule has 2 heterocycles. The van der Waals surface area contributed by atoms with Gasteiger partial charge >= 0.3 is 5.97 Å². The Bertz CT molecular complexity index is 806. The zero-order valence-electron chi connectivity index (χ0n) is 13.8.